The van der Waals surface area contributed by atoms with Crippen molar-refractivity contribution < 1.29 is 4.79 Å². The number of carbonyl (C=O) groups is 1. The van der Waals surface area contributed by atoms with Crippen LogP contribution in [-0.2, 0) is 24.2 Å². The van der Waals surface area contributed by atoms with Crippen molar-refractivity contribution in [3.63, 3.8) is 0 Å². The average molecular weight is 398 g/mol. The first-order chi connectivity index (χ1) is 14.7. The number of rotatable bonds is 4. The van der Waals surface area contributed by atoms with Gasteiger partial charge >= 0.3 is 0 Å². The number of amides is 1. The van der Waals surface area contributed by atoms with Crippen molar-refractivity contribution >= 4 is 11.6 Å². The Bertz CT molecular complexity index is 1260. The van der Waals surface area contributed by atoms with Crippen molar-refractivity contribution in [1.82, 2.24) is 19.5 Å². The van der Waals surface area contributed by atoms with Crippen LogP contribution in [0.4, 0.5) is 0 Å². The third-order valence-electron chi connectivity index (χ3n) is 5.67. The zero-order valence-corrected chi connectivity index (χ0v) is 16.5. The second-order valence-electron chi connectivity index (χ2n) is 7.62. The number of nitrogens with zero attached hydrogens (tertiary/aromatic N) is 3. The normalized spacial score (nSPS) is 13.4. The van der Waals surface area contributed by atoms with Crippen LogP contribution >= 0.6 is 0 Å². The molecule has 6 nitrogen and oxygen atoms in total. The molecule has 150 valence electrons. The lowest BCUT2D eigenvalue weighted by Crippen LogP contribution is -2.40. The molecule has 6 heteroatoms. The van der Waals surface area contributed by atoms with Crippen LogP contribution in [0.3, 0.4) is 0 Å². The van der Waals surface area contributed by atoms with E-state index in [0.717, 1.165) is 22.5 Å². The van der Waals surface area contributed by atoms with Crippen molar-refractivity contribution in [2.75, 3.05) is 6.54 Å². The lowest BCUT2D eigenvalue weighted by atomic mass is 10.1. The van der Waals surface area contributed by atoms with Crippen LogP contribution in [0.25, 0.3) is 16.9 Å². The number of aromatic nitrogens is 3. The summed E-state index contributed by atoms with van der Waals surface area (Å²) in [5.74, 6) is 0.0745. The average Bonchev–Trinajstić information content (AvgIpc) is 3.23. The van der Waals surface area contributed by atoms with Crippen LogP contribution in [-0.4, -0.2) is 31.9 Å². The summed E-state index contributed by atoms with van der Waals surface area (Å²) in [6, 6.07) is 21.7. The van der Waals surface area contributed by atoms with Crippen molar-refractivity contribution in [2.45, 2.75) is 25.8 Å². The van der Waals surface area contributed by atoms with Crippen molar-refractivity contribution in [3.8, 4) is 11.3 Å². The number of fused-ring (bicyclic) bond motifs is 2. The number of hydrogen-bond donors (Lipinski definition) is 1. The van der Waals surface area contributed by atoms with Crippen molar-refractivity contribution in [1.29, 1.82) is 0 Å². The van der Waals surface area contributed by atoms with E-state index in [0.29, 0.717) is 43.6 Å². The highest BCUT2D eigenvalue weighted by molar-refractivity contribution is 5.76. The van der Waals surface area contributed by atoms with Crippen LogP contribution < -0.4 is 5.56 Å². The van der Waals surface area contributed by atoms with Gasteiger partial charge in [0.25, 0.3) is 5.56 Å². The van der Waals surface area contributed by atoms with Crippen molar-refractivity contribution in [3.05, 3.63) is 93.9 Å². The maximum absolute atomic E-state index is 13.1. The first kappa shape index (κ1) is 18.4. The van der Waals surface area contributed by atoms with Gasteiger partial charge in [0.05, 0.1) is 23.5 Å². The van der Waals surface area contributed by atoms with Gasteiger partial charge in [-0.25, -0.2) is 9.50 Å². The largest absolute Gasteiger partial charge is 0.338 e. The molecule has 1 N–H and O–H groups in total. The summed E-state index contributed by atoms with van der Waals surface area (Å²) in [5, 5.41) is 3.16. The smallest absolute Gasteiger partial charge is 0.277 e. The Hall–Kier alpha value is -3.67. The van der Waals surface area contributed by atoms with Crippen LogP contribution in [0.2, 0.25) is 0 Å². The highest BCUT2D eigenvalue weighted by Gasteiger charge is 2.25. The van der Waals surface area contributed by atoms with E-state index >= 15 is 0 Å². The van der Waals surface area contributed by atoms with Gasteiger partial charge in [0, 0.05) is 25.5 Å². The van der Waals surface area contributed by atoms with E-state index in [4.69, 9.17) is 4.98 Å². The van der Waals surface area contributed by atoms with Gasteiger partial charge in [-0.3, -0.25) is 14.7 Å². The van der Waals surface area contributed by atoms with Crippen LogP contribution in [0.15, 0.2) is 71.5 Å². The third kappa shape index (κ3) is 3.41. The first-order valence-electron chi connectivity index (χ1n) is 10.2. The zero-order valence-electron chi connectivity index (χ0n) is 16.5. The summed E-state index contributed by atoms with van der Waals surface area (Å²) >= 11 is 0. The molecule has 0 atom stereocenters. The molecule has 1 aliphatic heterocycles. The fourth-order valence-electron chi connectivity index (χ4n) is 4.01. The van der Waals surface area contributed by atoms with E-state index in [-0.39, 0.29) is 11.5 Å². The molecule has 0 fully saturated rings. The van der Waals surface area contributed by atoms with Crippen molar-refractivity contribution in [2.24, 2.45) is 0 Å². The molecule has 2 aromatic carbocycles. The van der Waals surface area contributed by atoms with E-state index in [1.165, 1.54) is 4.52 Å². The van der Waals surface area contributed by atoms with E-state index in [1.807, 2.05) is 66.7 Å². The van der Waals surface area contributed by atoms with Gasteiger partial charge in [-0.05, 0) is 17.5 Å². The number of carbonyl (C=O) groups excluding carboxylic acids is 1. The third-order valence-corrected chi connectivity index (χ3v) is 5.67. The topological polar surface area (TPSA) is 70.5 Å². The molecule has 0 radical (unpaired) electrons. The SMILES string of the molecule is O=C(CCc1ccccc1)N1CCc2nc3cc(-c4ccccc4)[nH]n3c(=O)c2C1. The maximum Gasteiger partial charge on any atom is 0.277 e. The van der Waals surface area contributed by atoms with Gasteiger partial charge < -0.3 is 4.90 Å². The number of nitrogens with one attached hydrogen (secondary N) is 1. The van der Waals surface area contributed by atoms with Crippen LogP contribution in [0.1, 0.15) is 23.2 Å². The molecule has 3 heterocycles. The van der Waals surface area contributed by atoms with E-state index in [2.05, 4.69) is 5.10 Å². The summed E-state index contributed by atoms with van der Waals surface area (Å²) in [6.45, 7) is 0.913. The summed E-state index contributed by atoms with van der Waals surface area (Å²) in [7, 11) is 0. The predicted molar refractivity (Wildman–Crippen MR) is 115 cm³/mol. The molecule has 0 bridgehead atoms. The Labute approximate surface area is 173 Å². The van der Waals surface area contributed by atoms with Gasteiger partial charge in [-0.2, -0.15) is 0 Å². The predicted octanol–water partition coefficient (Wildman–Crippen LogP) is 3.21. The summed E-state index contributed by atoms with van der Waals surface area (Å²) in [4.78, 5) is 32.3. The summed E-state index contributed by atoms with van der Waals surface area (Å²) in [5.41, 5.74) is 4.88. The quantitative estimate of drug-likeness (QED) is 0.574. The highest BCUT2D eigenvalue weighted by atomic mass is 16.2. The molecular formula is C24H22N4O2. The Morgan fingerprint density at radius 3 is 2.53 bits per heavy atom. The maximum atomic E-state index is 13.1. The molecule has 0 unspecified atom stereocenters. The Balaban J connectivity index is 1.39. The van der Waals surface area contributed by atoms with Gasteiger partial charge in [0.15, 0.2) is 5.65 Å². The Kier molecular flexibility index (Phi) is 4.67. The van der Waals surface area contributed by atoms with E-state index in [9.17, 15) is 9.59 Å². The monoisotopic (exact) mass is 398 g/mol. The minimum atomic E-state index is -0.127. The first-order valence-corrected chi connectivity index (χ1v) is 10.2. The van der Waals surface area contributed by atoms with Crippen LogP contribution in [0, 0.1) is 0 Å². The van der Waals surface area contributed by atoms with Gasteiger partial charge in [0.2, 0.25) is 5.91 Å². The molecule has 4 aromatic rings. The molecule has 30 heavy (non-hydrogen) atoms. The Morgan fingerprint density at radius 1 is 1.03 bits per heavy atom. The zero-order chi connectivity index (χ0) is 20.5. The molecule has 1 amide bonds. The fourth-order valence-corrected chi connectivity index (χ4v) is 4.01. The number of aryl methyl sites for hydroxylation is 1. The molecule has 0 spiro atoms. The van der Waals surface area contributed by atoms with E-state index < -0.39 is 0 Å². The minimum absolute atomic E-state index is 0.0745. The van der Waals surface area contributed by atoms with Gasteiger partial charge in [-0.1, -0.05) is 60.7 Å². The molecule has 1 aliphatic rings. The molecule has 0 saturated carbocycles. The lowest BCUT2D eigenvalue weighted by molar-refractivity contribution is -0.132. The standard InChI is InChI=1S/C24H22N4O2/c29-23(12-11-17-7-3-1-4-8-17)27-14-13-20-19(16-27)24(30)28-22(25-20)15-21(26-28)18-9-5-2-6-10-18/h1-10,15,26H,11-14,16H2. The fraction of sp³-hybridized carbons (Fsp3) is 0.208. The summed E-state index contributed by atoms with van der Waals surface area (Å²) < 4.78 is 1.49. The van der Waals surface area contributed by atoms with E-state index in [1.54, 1.807) is 4.90 Å². The second kappa shape index (κ2) is 7.63. The highest BCUT2D eigenvalue weighted by Crippen LogP contribution is 2.21. The second-order valence-corrected chi connectivity index (χ2v) is 7.62. The van der Waals surface area contributed by atoms with Gasteiger partial charge in [-0.15, -0.1) is 0 Å². The van der Waals surface area contributed by atoms with Gasteiger partial charge in [0.1, 0.15) is 0 Å². The minimum Gasteiger partial charge on any atom is -0.338 e. The number of benzene rings is 2. The van der Waals surface area contributed by atoms with Crippen LogP contribution in [0.5, 0.6) is 0 Å². The number of hydrogen-bond acceptors (Lipinski definition) is 3. The molecular weight excluding hydrogens is 376 g/mol. The Morgan fingerprint density at radius 2 is 1.77 bits per heavy atom. The molecule has 2 aromatic heterocycles. The lowest BCUT2D eigenvalue weighted by Gasteiger charge is -2.27. The molecule has 0 saturated heterocycles. The number of aromatic amines is 1. The molecule has 0 aliphatic carbocycles. The number of H-pyrrole nitrogens is 1. The summed E-state index contributed by atoms with van der Waals surface area (Å²) in [6.07, 6.45) is 1.75. The molecule has 5 rings (SSSR count).